The number of hydrogen-bond acceptors (Lipinski definition) is 2. The Bertz CT molecular complexity index is 572. The highest BCUT2D eigenvalue weighted by Gasteiger charge is 2.09. The molecule has 5 heteroatoms. The molecule has 0 radical (unpaired) electrons. The maximum Gasteiger partial charge on any atom is 0.159 e. The topological polar surface area (TPSA) is 22.1 Å². The third-order valence-electron chi connectivity index (χ3n) is 2.45. The summed E-state index contributed by atoms with van der Waals surface area (Å²) in [7, 11) is 1.44. The number of pyridine rings is 1. The summed E-state index contributed by atoms with van der Waals surface area (Å²) in [5.74, 6) is -2.40. The van der Waals surface area contributed by atoms with Gasteiger partial charge in [0, 0.05) is 18.2 Å². The molecular formula is C13H10F3NO. The normalized spacial score (nSPS) is 10.7. The van der Waals surface area contributed by atoms with Gasteiger partial charge in [0.05, 0.1) is 18.5 Å². The van der Waals surface area contributed by atoms with Crippen molar-refractivity contribution in [2.45, 2.75) is 6.61 Å². The quantitative estimate of drug-likeness (QED) is 0.837. The lowest BCUT2D eigenvalue weighted by atomic mass is 10.1. The molecule has 0 amide bonds. The zero-order valence-electron chi connectivity index (χ0n) is 9.58. The van der Waals surface area contributed by atoms with Crippen molar-refractivity contribution in [1.29, 1.82) is 0 Å². The number of benzene rings is 1. The van der Waals surface area contributed by atoms with Crippen LogP contribution in [0.15, 0.2) is 30.5 Å². The number of halogens is 3. The SMILES string of the molecule is COCc1cc(-c2ccc(F)c(F)c2)ncc1F. The number of ether oxygens (including phenoxy) is 1. The van der Waals surface area contributed by atoms with Crippen LogP contribution in [0.4, 0.5) is 13.2 Å². The van der Waals surface area contributed by atoms with Crippen LogP contribution in [-0.4, -0.2) is 12.1 Å². The van der Waals surface area contributed by atoms with E-state index in [2.05, 4.69) is 4.98 Å². The summed E-state index contributed by atoms with van der Waals surface area (Å²) in [6.45, 7) is 0.0883. The van der Waals surface area contributed by atoms with Gasteiger partial charge in [0.15, 0.2) is 11.6 Å². The average molecular weight is 253 g/mol. The van der Waals surface area contributed by atoms with Gasteiger partial charge in [-0.1, -0.05) is 0 Å². The first-order chi connectivity index (χ1) is 8.61. The van der Waals surface area contributed by atoms with Crippen LogP contribution in [0.3, 0.4) is 0 Å². The second kappa shape index (κ2) is 5.18. The summed E-state index contributed by atoms with van der Waals surface area (Å²) < 4.78 is 44.1. The third kappa shape index (κ3) is 2.51. The Morgan fingerprint density at radius 2 is 1.83 bits per heavy atom. The standard InChI is InChI=1S/C13H10F3NO/c1-18-7-9-5-13(17-6-12(9)16)8-2-3-10(14)11(15)4-8/h2-6H,7H2,1H3. The van der Waals surface area contributed by atoms with E-state index in [1.54, 1.807) is 0 Å². The summed E-state index contributed by atoms with van der Waals surface area (Å²) in [4.78, 5) is 3.84. The first-order valence-corrected chi connectivity index (χ1v) is 5.20. The zero-order valence-corrected chi connectivity index (χ0v) is 9.58. The van der Waals surface area contributed by atoms with Gasteiger partial charge >= 0.3 is 0 Å². The van der Waals surface area contributed by atoms with Crippen molar-refractivity contribution < 1.29 is 17.9 Å². The van der Waals surface area contributed by atoms with Crippen molar-refractivity contribution in [1.82, 2.24) is 4.98 Å². The largest absolute Gasteiger partial charge is 0.380 e. The van der Waals surface area contributed by atoms with Crippen LogP contribution in [0, 0.1) is 17.5 Å². The van der Waals surface area contributed by atoms with Gasteiger partial charge in [-0.15, -0.1) is 0 Å². The van der Waals surface area contributed by atoms with Crippen molar-refractivity contribution in [2.75, 3.05) is 7.11 Å². The van der Waals surface area contributed by atoms with Crippen molar-refractivity contribution in [3.63, 3.8) is 0 Å². The van der Waals surface area contributed by atoms with E-state index >= 15 is 0 Å². The van der Waals surface area contributed by atoms with Crippen LogP contribution in [0.25, 0.3) is 11.3 Å². The monoisotopic (exact) mass is 253 g/mol. The summed E-state index contributed by atoms with van der Waals surface area (Å²) >= 11 is 0. The first kappa shape index (κ1) is 12.6. The fourth-order valence-corrected chi connectivity index (χ4v) is 1.56. The number of rotatable bonds is 3. The summed E-state index contributed by atoms with van der Waals surface area (Å²) in [6, 6.07) is 4.86. The Labute approximate surface area is 102 Å². The Balaban J connectivity index is 2.44. The Kier molecular flexibility index (Phi) is 3.62. The molecule has 0 bridgehead atoms. The molecule has 2 nitrogen and oxygen atoms in total. The summed E-state index contributed by atoms with van der Waals surface area (Å²) in [5.41, 5.74) is 1.06. The van der Waals surface area contributed by atoms with Crippen molar-refractivity contribution in [3.05, 3.63) is 53.5 Å². The maximum absolute atomic E-state index is 13.3. The van der Waals surface area contributed by atoms with Gasteiger partial charge in [0.1, 0.15) is 5.82 Å². The fraction of sp³-hybridized carbons (Fsp3) is 0.154. The Hall–Kier alpha value is -1.88. The van der Waals surface area contributed by atoms with Crippen LogP contribution in [0.5, 0.6) is 0 Å². The van der Waals surface area contributed by atoms with Crippen molar-refractivity contribution in [2.24, 2.45) is 0 Å². The van der Waals surface area contributed by atoms with Crippen molar-refractivity contribution in [3.8, 4) is 11.3 Å². The molecular weight excluding hydrogens is 243 g/mol. The smallest absolute Gasteiger partial charge is 0.159 e. The second-order valence-corrected chi connectivity index (χ2v) is 3.72. The van der Waals surface area contributed by atoms with E-state index in [-0.39, 0.29) is 6.61 Å². The Morgan fingerprint density at radius 1 is 1.06 bits per heavy atom. The number of methoxy groups -OCH3 is 1. The minimum Gasteiger partial charge on any atom is -0.380 e. The lowest BCUT2D eigenvalue weighted by Gasteiger charge is -2.06. The van der Waals surface area contributed by atoms with Gasteiger partial charge in [0.25, 0.3) is 0 Å². The minimum atomic E-state index is -0.966. The average Bonchev–Trinajstić information content (AvgIpc) is 2.36. The lowest BCUT2D eigenvalue weighted by Crippen LogP contribution is -1.96. The lowest BCUT2D eigenvalue weighted by molar-refractivity contribution is 0.181. The molecule has 0 aliphatic rings. The molecule has 0 atom stereocenters. The molecule has 2 rings (SSSR count). The maximum atomic E-state index is 13.3. The van der Waals surface area contributed by atoms with Gasteiger partial charge < -0.3 is 4.74 Å². The summed E-state index contributed by atoms with van der Waals surface area (Å²) in [6.07, 6.45) is 1.03. The zero-order chi connectivity index (χ0) is 13.1. The van der Waals surface area contributed by atoms with Crippen molar-refractivity contribution >= 4 is 0 Å². The van der Waals surface area contributed by atoms with Gasteiger partial charge in [-0.2, -0.15) is 0 Å². The van der Waals surface area contributed by atoms with E-state index in [1.165, 1.54) is 19.2 Å². The minimum absolute atomic E-state index is 0.0883. The van der Waals surface area contributed by atoms with Crippen LogP contribution in [-0.2, 0) is 11.3 Å². The molecule has 0 saturated carbocycles. The molecule has 0 fully saturated rings. The molecule has 2 aromatic rings. The molecule has 18 heavy (non-hydrogen) atoms. The number of nitrogens with zero attached hydrogens (tertiary/aromatic N) is 1. The van der Waals surface area contributed by atoms with Crippen LogP contribution >= 0.6 is 0 Å². The molecule has 0 spiro atoms. The molecule has 0 aliphatic carbocycles. The molecule has 1 heterocycles. The highest BCUT2D eigenvalue weighted by Crippen LogP contribution is 2.21. The number of hydrogen-bond donors (Lipinski definition) is 0. The van der Waals surface area contributed by atoms with E-state index in [0.29, 0.717) is 16.8 Å². The molecule has 0 saturated heterocycles. The van der Waals surface area contributed by atoms with Gasteiger partial charge in [-0.25, -0.2) is 13.2 Å². The Morgan fingerprint density at radius 3 is 2.50 bits per heavy atom. The molecule has 0 unspecified atom stereocenters. The number of aromatic nitrogens is 1. The molecule has 1 aromatic heterocycles. The molecule has 1 aromatic carbocycles. The molecule has 94 valence electrons. The van der Waals surface area contributed by atoms with Gasteiger partial charge in [-0.3, -0.25) is 4.98 Å². The second-order valence-electron chi connectivity index (χ2n) is 3.72. The predicted octanol–water partition coefficient (Wildman–Crippen LogP) is 3.31. The van der Waals surface area contributed by atoms with Crippen LogP contribution in [0.1, 0.15) is 5.56 Å². The first-order valence-electron chi connectivity index (χ1n) is 5.20. The summed E-state index contributed by atoms with van der Waals surface area (Å²) in [5, 5.41) is 0. The van der Waals surface area contributed by atoms with Crippen LogP contribution < -0.4 is 0 Å². The van der Waals surface area contributed by atoms with Gasteiger partial charge in [0.2, 0.25) is 0 Å². The van der Waals surface area contributed by atoms with E-state index in [4.69, 9.17) is 4.74 Å². The molecule has 0 aliphatic heterocycles. The highest BCUT2D eigenvalue weighted by molar-refractivity contribution is 5.59. The predicted molar refractivity (Wildman–Crippen MR) is 60.3 cm³/mol. The third-order valence-corrected chi connectivity index (χ3v) is 2.45. The van der Waals surface area contributed by atoms with E-state index in [0.717, 1.165) is 18.3 Å². The van der Waals surface area contributed by atoms with E-state index < -0.39 is 17.5 Å². The fourth-order valence-electron chi connectivity index (χ4n) is 1.56. The van der Waals surface area contributed by atoms with Gasteiger partial charge in [-0.05, 0) is 24.3 Å². The highest BCUT2D eigenvalue weighted by atomic mass is 19.2. The molecule has 0 N–H and O–H groups in total. The van der Waals surface area contributed by atoms with E-state index in [1.807, 2.05) is 0 Å². The van der Waals surface area contributed by atoms with Crippen LogP contribution in [0.2, 0.25) is 0 Å². The van der Waals surface area contributed by atoms with E-state index in [9.17, 15) is 13.2 Å².